The molecule has 18 heavy (non-hydrogen) atoms. The average Bonchev–Trinajstić information content (AvgIpc) is 2.33. The maximum absolute atomic E-state index is 5.92. The van der Waals surface area contributed by atoms with E-state index < -0.39 is 0 Å². The number of hydrogen-bond donors (Lipinski definition) is 4. The van der Waals surface area contributed by atoms with Crippen LogP contribution in [-0.2, 0) is 0 Å². The van der Waals surface area contributed by atoms with Gasteiger partial charge in [0, 0.05) is 15.6 Å². The summed E-state index contributed by atoms with van der Waals surface area (Å²) < 4.78 is 0.853. The first kappa shape index (κ1) is 12.9. The molecule has 94 valence electrons. The molecule has 0 aliphatic heterocycles. The summed E-state index contributed by atoms with van der Waals surface area (Å²) in [4.78, 5) is 7.93. The van der Waals surface area contributed by atoms with Crippen LogP contribution in [0.15, 0.2) is 28.7 Å². The summed E-state index contributed by atoms with van der Waals surface area (Å²) in [5.74, 6) is 6.33. The van der Waals surface area contributed by atoms with Crippen molar-refractivity contribution in [1.82, 2.24) is 9.97 Å². The monoisotopic (exact) mass is 328 g/mol. The fourth-order valence-electron chi connectivity index (χ4n) is 1.34. The van der Waals surface area contributed by atoms with Crippen molar-refractivity contribution in [1.29, 1.82) is 0 Å². The topological polar surface area (TPSA) is 102 Å². The normalized spacial score (nSPS) is 10.2. The van der Waals surface area contributed by atoms with Crippen molar-refractivity contribution >= 4 is 50.8 Å². The van der Waals surface area contributed by atoms with Crippen LogP contribution < -0.4 is 22.3 Å². The van der Waals surface area contributed by atoms with E-state index in [0.717, 1.165) is 10.2 Å². The number of nitrogens with zero attached hydrogens (tertiary/aromatic N) is 2. The summed E-state index contributed by atoms with van der Waals surface area (Å²) in [6.07, 6.45) is 0. The third-order valence-electron chi connectivity index (χ3n) is 2.08. The Morgan fingerprint density at radius 2 is 1.89 bits per heavy atom. The van der Waals surface area contributed by atoms with Gasteiger partial charge < -0.3 is 16.5 Å². The summed E-state index contributed by atoms with van der Waals surface area (Å²) in [6, 6.07) is 7.00. The molecule has 0 aliphatic carbocycles. The molecule has 0 bridgehead atoms. The maximum atomic E-state index is 5.92. The number of aromatic nitrogens is 2. The van der Waals surface area contributed by atoms with Gasteiger partial charge in [-0.25, -0.2) is 5.84 Å². The van der Waals surface area contributed by atoms with Crippen LogP contribution in [-0.4, -0.2) is 9.97 Å². The minimum atomic E-state index is 0.117. The van der Waals surface area contributed by atoms with Crippen LogP contribution in [0.25, 0.3) is 0 Å². The van der Waals surface area contributed by atoms with E-state index in [1.807, 2.05) is 6.07 Å². The Balaban J connectivity index is 2.33. The zero-order valence-electron chi connectivity index (χ0n) is 9.11. The van der Waals surface area contributed by atoms with Gasteiger partial charge in [-0.2, -0.15) is 9.97 Å². The highest BCUT2D eigenvalue weighted by molar-refractivity contribution is 9.10. The molecule has 2 aromatic rings. The molecule has 2 rings (SSSR count). The number of hydrazine groups is 1. The molecular weight excluding hydrogens is 320 g/mol. The predicted molar refractivity (Wildman–Crippen MR) is 76.7 cm³/mol. The number of nitrogen functional groups attached to an aromatic ring is 2. The second kappa shape index (κ2) is 5.38. The van der Waals surface area contributed by atoms with Gasteiger partial charge in [-0.1, -0.05) is 11.6 Å². The van der Waals surface area contributed by atoms with Crippen molar-refractivity contribution in [2.24, 2.45) is 5.84 Å². The van der Waals surface area contributed by atoms with Gasteiger partial charge in [0.25, 0.3) is 0 Å². The third-order valence-corrected chi connectivity index (χ3v) is 3.01. The Bertz CT molecular complexity index is 576. The van der Waals surface area contributed by atoms with Crippen LogP contribution in [0, 0.1) is 0 Å². The molecule has 8 heteroatoms. The van der Waals surface area contributed by atoms with Gasteiger partial charge in [-0.15, -0.1) is 0 Å². The van der Waals surface area contributed by atoms with Crippen molar-refractivity contribution in [3.63, 3.8) is 0 Å². The molecule has 0 atom stereocenters. The van der Waals surface area contributed by atoms with Gasteiger partial charge >= 0.3 is 0 Å². The maximum Gasteiger partial charge on any atom is 0.223 e. The van der Waals surface area contributed by atoms with Crippen molar-refractivity contribution in [2.75, 3.05) is 16.5 Å². The second-order valence-corrected chi connectivity index (χ2v) is 4.68. The Morgan fingerprint density at radius 1 is 1.17 bits per heavy atom. The zero-order chi connectivity index (χ0) is 13.1. The highest BCUT2D eigenvalue weighted by Crippen LogP contribution is 2.28. The molecule has 1 aromatic heterocycles. The highest BCUT2D eigenvalue weighted by Gasteiger charge is 2.05. The summed E-state index contributed by atoms with van der Waals surface area (Å²) in [5.41, 5.74) is 8.74. The quantitative estimate of drug-likeness (QED) is 0.510. The van der Waals surface area contributed by atoms with Crippen LogP contribution in [0.3, 0.4) is 0 Å². The van der Waals surface area contributed by atoms with Crippen LogP contribution in [0.4, 0.5) is 23.3 Å². The number of halogens is 2. The van der Waals surface area contributed by atoms with Gasteiger partial charge in [0.2, 0.25) is 5.95 Å². The molecule has 0 saturated heterocycles. The molecule has 1 aromatic carbocycles. The van der Waals surface area contributed by atoms with Gasteiger partial charge in [0.1, 0.15) is 11.6 Å². The second-order valence-electron chi connectivity index (χ2n) is 3.39. The van der Waals surface area contributed by atoms with Crippen LogP contribution in [0.2, 0.25) is 5.02 Å². The number of benzene rings is 1. The lowest BCUT2D eigenvalue weighted by Gasteiger charge is -2.09. The van der Waals surface area contributed by atoms with Crippen LogP contribution in [0.1, 0.15) is 0 Å². The minimum absolute atomic E-state index is 0.117. The van der Waals surface area contributed by atoms with Gasteiger partial charge in [-0.05, 0) is 34.1 Å². The molecule has 0 radical (unpaired) electrons. The summed E-state index contributed by atoms with van der Waals surface area (Å²) in [6.45, 7) is 0. The van der Waals surface area contributed by atoms with E-state index in [1.165, 1.54) is 0 Å². The smallest absolute Gasteiger partial charge is 0.223 e. The van der Waals surface area contributed by atoms with E-state index in [0.29, 0.717) is 16.7 Å². The van der Waals surface area contributed by atoms with Gasteiger partial charge in [0.15, 0.2) is 0 Å². The lowest BCUT2D eigenvalue weighted by molar-refractivity contribution is 1.15. The summed E-state index contributed by atoms with van der Waals surface area (Å²) in [7, 11) is 0. The predicted octanol–water partition coefficient (Wildman–Crippen LogP) is 2.50. The first-order valence-corrected chi connectivity index (χ1v) is 6.09. The Labute approximate surface area is 117 Å². The molecule has 6 nitrogen and oxygen atoms in total. The number of hydrogen-bond acceptors (Lipinski definition) is 6. The van der Waals surface area contributed by atoms with Crippen LogP contribution in [0.5, 0.6) is 0 Å². The molecule has 0 amide bonds. The zero-order valence-corrected chi connectivity index (χ0v) is 11.5. The molecule has 0 fully saturated rings. The molecule has 6 N–H and O–H groups in total. The van der Waals surface area contributed by atoms with Crippen molar-refractivity contribution in [2.45, 2.75) is 0 Å². The van der Waals surface area contributed by atoms with E-state index in [4.69, 9.17) is 23.2 Å². The molecule has 0 spiro atoms. The molecule has 0 unspecified atom stereocenters. The van der Waals surface area contributed by atoms with E-state index in [-0.39, 0.29) is 5.95 Å². The van der Waals surface area contributed by atoms with E-state index >= 15 is 0 Å². The van der Waals surface area contributed by atoms with E-state index in [9.17, 15) is 0 Å². The highest BCUT2D eigenvalue weighted by atomic mass is 79.9. The molecule has 1 heterocycles. The van der Waals surface area contributed by atoms with E-state index in [2.05, 4.69) is 36.6 Å². The van der Waals surface area contributed by atoms with Gasteiger partial charge in [-0.3, -0.25) is 0 Å². The van der Waals surface area contributed by atoms with Crippen LogP contribution >= 0.6 is 27.5 Å². The summed E-state index contributed by atoms with van der Waals surface area (Å²) >= 11 is 9.33. The molecular formula is C10H10BrClN6. The largest absolute Gasteiger partial charge is 0.368 e. The first-order chi connectivity index (χ1) is 8.58. The minimum Gasteiger partial charge on any atom is -0.368 e. The molecule has 0 aliphatic rings. The van der Waals surface area contributed by atoms with Crippen molar-refractivity contribution < 1.29 is 0 Å². The third kappa shape index (κ3) is 3.00. The Morgan fingerprint density at radius 3 is 2.61 bits per heavy atom. The average molecular weight is 330 g/mol. The number of rotatable bonds is 3. The standard InChI is InChI=1S/C10H10BrClN6/c11-6-2-1-5(12)3-7(6)15-8-4-9(18-14)17-10(13)16-8/h1-4H,14H2,(H4,13,15,16,17,18). The van der Waals surface area contributed by atoms with Crippen molar-refractivity contribution in [3.8, 4) is 0 Å². The number of nitrogens with one attached hydrogen (secondary N) is 2. The van der Waals surface area contributed by atoms with E-state index in [1.54, 1.807) is 18.2 Å². The van der Waals surface area contributed by atoms with Gasteiger partial charge in [0.05, 0.1) is 5.69 Å². The number of anilines is 4. The Kier molecular flexibility index (Phi) is 3.85. The Hall–Kier alpha value is -1.57. The first-order valence-electron chi connectivity index (χ1n) is 4.92. The lowest BCUT2D eigenvalue weighted by Crippen LogP contribution is -2.11. The molecule has 0 saturated carbocycles. The number of nitrogens with two attached hydrogens (primary N) is 2. The fourth-order valence-corrected chi connectivity index (χ4v) is 1.85. The SMILES string of the molecule is NNc1cc(Nc2cc(Cl)ccc2Br)nc(N)n1. The lowest BCUT2D eigenvalue weighted by atomic mass is 10.3. The summed E-state index contributed by atoms with van der Waals surface area (Å²) in [5, 5.41) is 3.68. The van der Waals surface area contributed by atoms with Crippen molar-refractivity contribution in [3.05, 3.63) is 33.8 Å². The fraction of sp³-hybridized carbons (Fsp3) is 0.